The van der Waals surface area contributed by atoms with Crippen LogP contribution in [0.1, 0.15) is 52.0 Å². The first-order valence-corrected chi connectivity index (χ1v) is 10.4. The van der Waals surface area contributed by atoms with Crippen LogP contribution in [0.2, 0.25) is 0 Å². The lowest BCUT2D eigenvalue weighted by Crippen LogP contribution is -2.51. The van der Waals surface area contributed by atoms with E-state index in [4.69, 9.17) is 0 Å². The molecular weight excluding hydrogens is 378 g/mol. The van der Waals surface area contributed by atoms with E-state index in [2.05, 4.69) is 23.3 Å². The predicted octanol–water partition coefficient (Wildman–Crippen LogP) is 3.56. The quantitative estimate of drug-likeness (QED) is 0.682. The summed E-state index contributed by atoms with van der Waals surface area (Å²) < 4.78 is 0. The topological polar surface area (TPSA) is 73.5 Å². The molecule has 0 bridgehead atoms. The number of amides is 3. The van der Waals surface area contributed by atoms with Crippen molar-refractivity contribution in [2.75, 3.05) is 13.1 Å². The number of rotatable bonds is 3. The fraction of sp³-hybridized carbons (Fsp3) is 0.292. The Morgan fingerprint density at radius 1 is 0.967 bits per heavy atom. The highest BCUT2D eigenvalue weighted by Gasteiger charge is 2.42. The van der Waals surface area contributed by atoms with Gasteiger partial charge in [-0.15, -0.1) is 0 Å². The molecule has 5 rings (SSSR count). The Hall–Kier alpha value is -3.41. The number of nitrogens with one attached hydrogen (secondary N) is 1. The zero-order valence-corrected chi connectivity index (χ0v) is 16.8. The van der Waals surface area contributed by atoms with Crippen LogP contribution in [-0.4, -0.2) is 51.6 Å². The van der Waals surface area contributed by atoms with Crippen molar-refractivity contribution in [1.29, 1.82) is 0 Å². The number of carbonyl (C=O) groups is 3. The van der Waals surface area contributed by atoms with Crippen molar-refractivity contribution < 1.29 is 14.4 Å². The molecule has 30 heavy (non-hydrogen) atoms. The average Bonchev–Trinajstić information content (AvgIpc) is 3.32. The summed E-state index contributed by atoms with van der Waals surface area (Å²) in [6.45, 7) is 2.89. The SMILES string of the molecule is CC(C(=O)N1CCC(c2c[nH]c3ccccc23)CC1)N1C(=O)c2ccccc2C1=O. The Morgan fingerprint density at radius 2 is 1.57 bits per heavy atom. The number of hydrogen-bond donors (Lipinski definition) is 1. The minimum absolute atomic E-state index is 0.165. The van der Waals surface area contributed by atoms with Crippen molar-refractivity contribution in [2.24, 2.45) is 0 Å². The lowest BCUT2D eigenvalue weighted by atomic mass is 9.89. The number of H-pyrrole nitrogens is 1. The summed E-state index contributed by atoms with van der Waals surface area (Å²) in [7, 11) is 0. The minimum Gasteiger partial charge on any atom is -0.361 e. The number of aromatic nitrogens is 1. The average molecular weight is 401 g/mol. The number of para-hydroxylation sites is 1. The summed E-state index contributed by atoms with van der Waals surface area (Å²) in [6.07, 6.45) is 3.80. The highest BCUT2D eigenvalue weighted by Crippen LogP contribution is 2.33. The third kappa shape index (κ3) is 2.83. The van der Waals surface area contributed by atoms with Crippen molar-refractivity contribution in [2.45, 2.75) is 31.7 Å². The molecule has 3 aromatic rings. The van der Waals surface area contributed by atoms with Gasteiger partial charge in [0.1, 0.15) is 6.04 Å². The highest BCUT2D eigenvalue weighted by molar-refractivity contribution is 6.22. The lowest BCUT2D eigenvalue weighted by molar-refractivity contribution is -0.136. The maximum Gasteiger partial charge on any atom is 0.262 e. The molecule has 3 amide bonds. The Labute approximate surface area is 174 Å². The summed E-state index contributed by atoms with van der Waals surface area (Å²) in [5.41, 5.74) is 3.18. The van der Waals surface area contributed by atoms with Gasteiger partial charge in [-0.1, -0.05) is 30.3 Å². The molecule has 0 aliphatic carbocycles. The second-order valence-electron chi connectivity index (χ2n) is 8.09. The van der Waals surface area contributed by atoms with Gasteiger partial charge in [-0.05, 0) is 49.4 Å². The second-order valence-corrected chi connectivity index (χ2v) is 8.09. The molecule has 2 aliphatic rings. The monoisotopic (exact) mass is 401 g/mol. The van der Waals surface area contributed by atoms with Crippen molar-refractivity contribution >= 4 is 28.6 Å². The fourth-order valence-corrected chi connectivity index (χ4v) is 4.78. The van der Waals surface area contributed by atoms with Crippen LogP contribution in [0.4, 0.5) is 0 Å². The van der Waals surface area contributed by atoms with Gasteiger partial charge in [-0.2, -0.15) is 0 Å². The minimum atomic E-state index is -0.804. The standard InChI is InChI=1S/C24H23N3O3/c1-15(27-23(29)18-7-2-3-8-19(18)24(27)30)22(28)26-12-10-16(11-13-26)20-14-25-21-9-5-4-6-17(20)21/h2-9,14-16,25H,10-13H2,1H3. The van der Waals surface area contributed by atoms with E-state index in [1.807, 2.05) is 12.1 Å². The van der Waals surface area contributed by atoms with E-state index in [0.29, 0.717) is 30.1 Å². The predicted molar refractivity (Wildman–Crippen MR) is 113 cm³/mol. The van der Waals surface area contributed by atoms with Gasteiger partial charge in [0.15, 0.2) is 0 Å². The molecule has 2 aromatic carbocycles. The number of aromatic amines is 1. The van der Waals surface area contributed by atoms with Crippen LogP contribution in [0.5, 0.6) is 0 Å². The lowest BCUT2D eigenvalue weighted by Gasteiger charge is -2.35. The van der Waals surface area contributed by atoms with Crippen molar-refractivity contribution in [3.05, 3.63) is 71.4 Å². The first kappa shape index (κ1) is 18.6. The molecule has 6 nitrogen and oxygen atoms in total. The van der Waals surface area contributed by atoms with Crippen LogP contribution in [-0.2, 0) is 4.79 Å². The van der Waals surface area contributed by atoms with E-state index >= 15 is 0 Å². The largest absolute Gasteiger partial charge is 0.361 e. The number of likely N-dealkylation sites (tertiary alicyclic amines) is 1. The summed E-state index contributed by atoms with van der Waals surface area (Å²) in [5, 5.41) is 1.24. The van der Waals surface area contributed by atoms with Gasteiger partial charge in [0, 0.05) is 30.2 Å². The summed E-state index contributed by atoms with van der Waals surface area (Å²) in [6, 6.07) is 14.2. The normalized spacial score (nSPS) is 18.2. The smallest absolute Gasteiger partial charge is 0.262 e. The molecule has 0 spiro atoms. The molecule has 1 aromatic heterocycles. The van der Waals surface area contributed by atoms with Gasteiger partial charge in [0.25, 0.3) is 11.8 Å². The number of carbonyl (C=O) groups excluding carboxylic acids is 3. The van der Waals surface area contributed by atoms with Crippen LogP contribution in [0.15, 0.2) is 54.7 Å². The number of fused-ring (bicyclic) bond motifs is 2. The van der Waals surface area contributed by atoms with Crippen molar-refractivity contribution in [1.82, 2.24) is 14.8 Å². The maximum absolute atomic E-state index is 13.1. The molecule has 152 valence electrons. The number of imide groups is 1. The fourth-order valence-electron chi connectivity index (χ4n) is 4.78. The first-order valence-electron chi connectivity index (χ1n) is 10.4. The summed E-state index contributed by atoms with van der Waals surface area (Å²) >= 11 is 0. The van der Waals surface area contributed by atoms with Crippen LogP contribution < -0.4 is 0 Å². The number of piperidine rings is 1. The molecule has 1 saturated heterocycles. The second kappa shape index (κ2) is 7.13. The van der Waals surface area contributed by atoms with Crippen LogP contribution in [0.3, 0.4) is 0 Å². The number of benzene rings is 2. The number of hydrogen-bond acceptors (Lipinski definition) is 3. The van der Waals surface area contributed by atoms with Gasteiger partial charge < -0.3 is 9.88 Å². The third-order valence-corrected chi connectivity index (χ3v) is 6.44. The number of nitrogens with zero attached hydrogens (tertiary/aromatic N) is 2. The molecule has 0 saturated carbocycles. The van der Waals surface area contributed by atoms with Gasteiger partial charge in [-0.25, -0.2) is 0 Å². The van der Waals surface area contributed by atoms with E-state index in [9.17, 15) is 14.4 Å². The molecule has 6 heteroatoms. The highest BCUT2D eigenvalue weighted by atomic mass is 16.2. The van der Waals surface area contributed by atoms with Crippen LogP contribution in [0.25, 0.3) is 10.9 Å². The van der Waals surface area contributed by atoms with Gasteiger partial charge in [0.05, 0.1) is 11.1 Å². The molecule has 1 unspecified atom stereocenters. The zero-order valence-electron chi connectivity index (χ0n) is 16.8. The molecule has 2 aliphatic heterocycles. The van der Waals surface area contributed by atoms with Gasteiger partial charge in [-0.3, -0.25) is 19.3 Å². The Morgan fingerprint density at radius 3 is 2.23 bits per heavy atom. The molecular formula is C24H23N3O3. The van der Waals surface area contributed by atoms with E-state index in [1.165, 1.54) is 10.9 Å². The van der Waals surface area contributed by atoms with Crippen molar-refractivity contribution in [3.63, 3.8) is 0 Å². The Kier molecular flexibility index (Phi) is 4.42. The summed E-state index contributed by atoms with van der Waals surface area (Å²) in [5.74, 6) is -0.544. The van der Waals surface area contributed by atoms with E-state index < -0.39 is 6.04 Å². The summed E-state index contributed by atoms with van der Waals surface area (Å²) in [4.78, 5) is 44.7. The molecule has 0 radical (unpaired) electrons. The Bertz CT molecular complexity index is 1120. The molecule has 1 N–H and O–H groups in total. The molecule has 1 atom stereocenters. The van der Waals surface area contributed by atoms with Crippen molar-refractivity contribution in [3.8, 4) is 0 Å². The van der Waals surface area contributed by atoms with Crippen LogP contribution in [0, 0.1) is 0 Å². The third-order valence-electron chi connectivity index (χ3n) is 6.44. The maximum atomic E-state index is 13.1. The van der Waals surface area contributed by atoms with E-state index in [0.717, 1.165) is 23.3 Å². The molecule has 3 heterocycles. The van der Waals surface area contributed by atoms with E-state index in [-0.39, 0.29) is 17.7 Å². The first-order chi connectivity index (χ1) is 14.6. The van der Waals surface area contributed by atoms with Gasteiger partial charge in [0.2, 0.25) is 5.91 Å². The van der Waals surface area contributed by atoms with E-state index in [1.54, 1.807) is 36.1 Å². The zero-order chi connectivity index (χ0) is 20.8. The Balaban J connectivity index is 1.28. The molecule has 1 fully saturated rings. The van der Waals surface area contributed by atoms with Crippen LogP contribution >= 0.6 is 0 Å². The van der Waals surface area contributed by atoms with Gasteiger partial charge >= 0.3 is 0 Å².